The van der Waals surface area contributed by atoms with Gasteiger partial charge in [0.2, 0.25) is 5.91 Å². The first-order chi connectivity index (χ1) is 16.6. The monoisotopic (exact) mass is 487 g/mol. The second-order valence-electron chi connectivity index (χ2n) is 8.65. The van der Waals surface area contributed by atoms with Crippen molar-refractivity contribution in [1.82, 2.24) is 10.5 Å². The lowest BCUT2D eigenvalue weighted by atomic mass is 9.72. The number of fused-ring (bicyclic) bond motifs is 1. The number of pyridine rings is 1. The Labute approximate surface area is 199 Å². The largest absolute Gasteiger partial charge is 0.489 e. The Morgan fingerprint density at radius 1 is 1.14 bits per heavy atom. The van der Waals surface area contributed by atoms with Crippen LogP contribution in [0.3, 0.4) is 0 Å². The van der Waals surface area contributed by atoms with Crippen LogP contribution in [0.5, 0.6) is 5.75 Å². The minimum Gasteiger partial charge on any atom is -0.489 e. The van der Waals surface area contributed by atoms with E-state index < -0.39 is 30.0 Å². The molecule has 2 aromatic carbocycles. The number of para-hydroxylation sites is 1. The molecule has 0 spiro atoms. The van der Waals surface area contributed by atoms with E-state index in [1.54, 1.807) is 0 Å². The minimum atomic E-state index is -5.13. The molecule has 0 bridgehead atoms. The molecule has 1 saturated carbocycles. The van der Waals surface area contributed by atoms with Crippen molar-refractivity contribution in [3.05, 3.63) is 65.9 Å². The van der Waals surface area contributed by atoms with Gasteiger partial charge in [-0.1, -0.05) is 18.2 Å². The molecule has 0 unspecified atom stereocenters. The van der Waals surface area contributed by atoms with E-state index in [1.807, 2.05) is 37.3 Å². The van der Waals surface area contributed by atoms with Gasteiger partial charge in [0, 0.05) is 22.3 Å². The van der Waals surface area contributed by atoms with Crippen LogP contribution in [0.15, 0.2) is 54.6 Å². The summed E-state index contributed by atoms with van der Waals surface area (Å²) in [7, 11) is 0. The van der Waals surface area contributed by atoms with Crippen LogP contribution in [0.25, 0.3) is 10.9 Å². The summed E-state index contributed by atoms with van der Waals surface area (Å²) in [5, 5.41) is 9.83. The first-order valence-electron chi connectivity index (χ1n) is 11.1. The molecule has 1 aliphatic carbocycles. The Balaban J connectivity index is 1.59. The topological polar surface area (TPSA) is 91.8 Å². The summed E-state index contributed by atoms with van der Waals surface area (Å²) in [5.74, 6) is -2.51. The van der Waals surface area contributed by atoms with Crippen LogP contribution in [-0.4, -0.2) is 33.7 Å². The third kappa shape index (κ3) is 5.07. The van der Waals surface area contributed by atoms with Gasteiger partial charge >= 0.3 is 12.1 Å². The first-order valence-corrected chi connectivity index (χ1v) is 11.1. The van der Waals surface area contributed by atoms with E-state index in [-0.39, 0.29) is 25.1 Å². The molecular weight excluding hydrogens is 463 g/mol. The Hall–Kier alpha value is -3.66. The minimum absolute atomic E-state index is 0.00433. The number of carbonyl (C=O) groups is 2. The maximum absolute atomic E-state index is 13.5. The SMILES string of the molecule is Cc1cc(COc2ccc(N(C(=O)C(F)(F)F)C3(CC(=O)NO)CCC3)cc2)c2ccccc2n1. The number of nitrogens with zero attached hydrogens (tertiary/aromatic N) is 2. The summed E-state index contributed by atoms with van der Waals surface area (Å²) in [6.45, 7) is 2.10. The molecule has 7 nitrogen and oxygen atoms in total. The summed E-state index contributed by atoms with van der Waals surface area (Å²) in [6, 6.07) is 15.2. The molecule has 0 aliphatic heterocycles. The van der Waals surface area contributed by atoms with Crippen molar-refractivity contribution in [1.29, 1.82) is 0 Å². The van der Waals surface area contributed by atoms with Crippen LogP contribution in [0.2, 0.25) is 0 Å². The van der Waals surface area contributed by atoms with Gasteiger partial charge in [-0.3, -0.25) is 24.7 Å². The summed E-state index contributed by atoms with van der Waals surface area (Å²) in [6.07, 6.45) is -4.61. The number of halogens is 3. The maximum Gasteiger partial charge on any atom is 0.471 e. The van der Waals surface area contributed by atoms with Crippen LogP contribution in [-0.2, 0) is 16.2 Å². The molecule has 184 valence electrons. The number of anilines is 1. The van der Waals surface area contributed by atoms with E-state index in [4.69, 9.17) is 9.94 Å². The maximum atomic E-state index is 13.5. The Kier molecular flexibility index (Phi) is 6.66. The summed E-state index contributed by atoms with van der Waals surface area (Å²) >= 11 is 0. The molecule has 1 aliphatic rings. The van der Waals surface area contributed by atoms with E-state index in [9.17, 15) is 22.8 Å². The zero-order valence-electron chi connectivity index (χ0n) is 18.9. The van der Waals surface area contributed by atoms with Gasteiger partial charge in [0.25, 0.3) is 0 Å². The molecule has 0 saturated heterocycles. The van der Waals surface area contributed by atoms with Crippen molar-refractivity contribution < 1.29 is 32.7 Å². The number of hydrogen-bond donors (Lipinski definition) is 2. The van der Waals surface area contributed by atoms with Crippen LogP contribution < -0.4 is 15.1 Å². The van der Waals surface area contributed by atoms with Gasteiger partial charge in [-0.05, 0) is 62.6 Å². The Morgan fingerprint density at radius 2 is 1.83 bits per heavy atom. The lowest BCUT2D eigenvalue weighted by Crippen LogP contribution is -2.61. The van der Waals surface area contributed by atoms with Gasteiger partial charge in [0.15, 0.2) is 0 Å². The van der Waals surface area contributed by atoms with Crippen LogP contribution in [0.1, 0.15) is 36.9 Å². The van der Waals surface area contributed by atoms with Crippen molar-refractivity contribution in [3.63, 3.8) is 0 Å². The zero-order chi connectivity index (χ0) is 25.2. The number of rotatable bonds is 7. The second kappa shape index (κ2) is 9.53. The molecule has 2 N–H and O–H groups in total. The van der Waals surface area contributed by atoms with Crippen molar-refractivity contribution in [3.8, 4) is 5.75 Å². The molecule has 0 atom stereocenters. The molecule has 35 heavy (non-hydrogen) atoms. The Bertz CT molecular complexity index is 1240. The number of hydrogen-bond acceptors (Lipinski definition) is 5. The third-order valence-electron chi connectivity index (χ3n) is 6.24. The fourth-order valence-electron chi connectivity index (χ4n) is 4.50. The quantitative estimate of drug-likeness (QED) is 0.368. The molecule has 2 amide bonds. The zero-order valence-corrected chi connectivity index (χ0v) is 18.9. The molecule has 4 rings (SSSR count). The molecule has 1 aromatic heterocycles. The standard InChI is InChI=1S/C25H24F3N3O4/c1-16-13-17(20-5-2-3-6-21(20)29-16)15-35-19-9-7-18(8-10-19)31(23(33)25(26,27)28)24(11-4-12-24)14-22(32)30-34/h2-3,5-10,13,34H,4,11-12,14-15H2,1H3,(H,30,32). The lowest BCUT2D eigenvalue weighted by molar-refractivity contribution is -0.172. The number of hydroxylamine groups is 1. The van der Waals surface area contributed by atoms with E-state index in [1.165, 1.54) is 29.7 Å². The van der Waals surface area contributed by atoms with Crippen LogP contribution >= 0.6 is 0 Å². The highest BCUT2D eigenvalue weighted by Gasteiger charge is 2.54. The van der Waals surface area contributed by atoms with Crippen molar-refractivity contribution in [2.75, 3.05) is 4.90 Å². The van der Waals surface area contributed by atoms with Gasteiger partial charge in [-0.25, -0.2) is 5.48 Å². The van der Waals surface area contributed by atoms with Gasteiger partial charge in [0.05, 0.1) is 17.5 Å². The number of benzene rings is 2. The van der Waals surface area contributed by atoms with Gasteiger partial charge < -0.3 is 4.74 Å². The van der Waals surface area contributed by atoms with E-state index in [2.05, 4.69) is 4.98 Å². The number of aryl methyl sites for hydroxylation is 1. The normalized spacial score (nSPS) is 14.8. The van der Waals surface area contributed by atoms with Crippen LogP contribution in [0.4, 0.5) is 18.9 Å². The number of amides is 2. The molecule has 1 heterocycles. The summed E-state index contributed by atoms with van der Waals surface area (Å²) in [5.41, 5.74) is 2.65. The fourth-order valence-corrected chi connectivity index (χ4v) is 4.50. The van der Waals surface area contributed by atoms with E-state index in [0.29, 0.717) is 17.1 Å². The molecule has 10 heteroatoms. The lowest BCUT2D eigenvalue weighted by Gasteiger charge is -2.49. The number of aromatic nitrogens is 1. The van der Waals surface area contributed by atoms with Gasteiger partial charge in [0.1, 0.15) is 12.4 Å². The predicted molar refractivity (Wildman–Crippen MR) is 122 cm³/mol. The number of carbonyl (C=O) groups excluding carboxylic acids is 2. The van der Waals surface area contributed by atoms with E-state index in [0.717, 1.165) is 22.2 Å². The smallest absolute Gasteiger partial charge is 0.471 e. The number of nitrogens with one attached hydrogen (secondary N) is 1. The number of alkyl halides is 3. The second-order valence-corrected chi connectivity index (χ2v) is 8.65. The summed E-state index contributed by atoms with van der Waals surface area (Å²) < 4.78 is 46.3. The molecule has 1 fully saturated rings. The van der Waals surface area contributed by atoms with E-state index >= 15 is 0 Å². The highest BCUT2D eigenvalue weighted by molar-refractivity contribution is 5.99. The van der Waals surface area contributed by atoms with Gasteiger partial charge in [-0.2, -0.15) is 13.2 Å². The van der Waals surface area contributed by atoms with Gasteiger partial charge in [-0.15, -0.1) is 0 Å². The fraction of sp³-hybridized carbons (Fsp3) is 0.320. The number of ether oxygens (including phenoxy) is 1. The molecular formula is C25H24F3N3O4. The van der Waals surface area contributed by atoms with Crippen LogP contribution in [0, 0.1) is 6.92 Å². The predicted octanol–water partition coefficient (Wildman–Crippen LogP) is 4.84. The average Bonchev–Trinajstić information content (AvgIpc) is 2.80. The third-order valence-corrected chi connectivity index (χ3v) is 6.24. The average molecular weight is 487 g/mol. The molecule has 0 radical (unpaired) electrons. The van der Waals surface area contributed by atoms with Crippen molar-refractivity contribution >= 4 is 28.4 Å². The first kappa shape index (κ1) is 24.5. The Morgan fingerprint density at radius 3 is 2.43 bits per heavy atom. The molecule has 3 aromatic rings. The van der Waals surface area contributed by atoms with Crippen molar-refractivity contribution in [2.45, 2.75) is 50.9 Å². The van der Waals surface area contributed by atoms with Crippen molar-refractivity contribution in [2.24, 2.45) is 0 Å². The summed E-state index contributed by atoms with van der Waals surface area (Å²) in [4.78, 5) is 29.3. The highest BCUT2D eigenvalue weighted by atomic mass is 19.4. The highest BCUT2D eigenvalue weighted by Crippen LogP contribution is 2.45.